The van der Waals surface area contributed by atoms with Crippen LogP contribution < -0.4 is 10.5 Å². The van der Waals surface area contributed by atoms with Crippen molar-refractivity contribution in [2.45, 2.75) is 13.0 Å². The van der Waals surface area contributed by atoms with E-state index >= 15 is 0 Å². The summed E-state index contributed by atoms with van der Waals surface area (Å²) in [5.41, 5.74) is 6.41. The highest BCUT2D eigenvalue weighted by molar-refractivity contribution is 9.10. The maximum atomic E-state index is 14.1. The fourth-order valence-electron chi connectivity index (χ4n) is 2.01. The van der Waals surface area contributed by atoms with Gasteiger partial charge in [-0.05, 0) is 41.1 Å². The van der Waals surface area contributed by atoms with Gasteiger partial charge < -0.3 is 10.5 Å². The van der Waals surface area contributed by atoms with E-state index in [9.17, 15) is 8.78 Å². The first-order chi connectivity index (χ1) is 9.56. The number of hydrogen-bond acceptors (Lipinski definition) is 2. The number of nitrogens with two attached hydrogens (primary N) is 1. The Bertz CT molecular complexity index is 619. The predicted molar refractivity (Wildman–Crippen MR) is 77.7 cm³/mol. The van der Waals surface area contributed by atoms with Crippen LogP contribution in [0.4, 0.5) is 8.78 Å². The van der Waals surface area contributed by atoms with Gasteiger partial charge in [0.05, 0.1) is 17.1 Å². The van der Waals surface area contributed by atoms with Crippen LogP contribution in [0.15, 0.2) is 40.9 Å². The SMILES string of the molecule is CCOc1ccccc1C(N)c1c(F)ccc(Br)c1F. The Labute approximate surface area is 124 Å². The van der Waals surface area contributed by atoms with Crippen molar-refractivity contribution in [2.24, 2.45) is 5.73 Å². The summed E-state index contributed by atoms with van der Waals surface area (Å²) in [7, 11) is 0. The lowest BCUT2D eigenvalue weighted by atomic mass is 9.97. The summed E-state index contributed by atoms with van der Waals surface area (Å²) < 4.78 is 33.6. The van der Waals surface area contributed by atoms with E-state index in [1.165, 1.54) is 12.1 Å². The van der Waals surface area contributed by atoms with Gasteiger partial charge in [-0.15, -0.1) is 0 Å². The second-order valence-electron chi connectivity index (χ2n) is 4.21. The molecule has 0 aliphatic heterocycles. The molecule has 2 N–H and O–H groups in total. The zero-order valence-electron chi connectivity index (χ0n) is 10.9. The van der Waals surface area contributed by atoms with Crippen molar-refractivity contribution in [1.29, 1.82) is 0 Å². The summed E-state index contributed by atoms with van der Waals surface area (Å²) in [6, 6.07) is 8.54. The molecule has 0 aliphatic carbocycles. The standard InChI is InChI=1S/C15H14BrF2NO/c1-2-20-12-6-4-3-5-9(12)15(19)13-11(17)8-7-10(16)14(13)18/h3-8,15H,2,19H2,1H3. The van der Waals surface area contributed by atoms with Crippen LogP contribution in [0.5, 0.6) is 5.75 Å². The minimum Gasteiger partial charge on any atom is -0.494 e. The molecule has 0 radical (unpaired) electrons. The molecule has 5 heteroatoms. The normalized spacial score (nSPS) is 12.2. The van der Waals surface area contributed by atoms with Crippen LogP contribution in [0.1, 0.15) is 24.1 Å². The van der Waals surface area contributed by atoms with Crippen LogP contribution in [0.3, 0.4) is 0 Å². The minimum atomic E-state index is -0.935. The van der Waals surface area contributed by atoms with Crippen LogP contribution in [-0.4, -0.2) is 6.61 Å². The molecule has 2 aromatic carbocycles. The second-order valence-corrected chi connectivity index (χ2v) is 5.06. The van der Waals surface area contributed by atoms with Gasteiger partial charge in [0.25, 0.3) is 0 Å². The molecular weight excluding hydrogens is 328 g/mol. The molecule has 2 nitrogen and oxygen atoms in total. The second kappa shape index (κ2) is 6.33. The maximum Gasteiger partial charge on any atom is 0.145 e. The molecule has 2 rings (SSSR count). The van der Waals surface area contributed by atoms with Crippen LogP contribution >= 0.6 is 15.9 Å². The molecule has 0 heterocycles. The van der Waals surface area contributed by atoms with Crippen molar-refractivity contribution < 1.29 is 13.5 Å². The summed E-state index contributed by atoms with van der Waals surface area (Å²) in [6.07, 6.45) is 0. The Morgan fingerprint density at radius 1 is 1.20 bits per heavy atom. The van der Waals surface area contributed by atoms with E-state index in [-0.39, 0.29) is 10.0 Å². The van der Waals surface area contributed by atoms with Crippen molar-refractivity contribution in [3.8, 4) is 5.75 Å². The minimum absolute atomic E-state index is 0.175. The third-order valence-electron chi connectivity index (χ3n) is 2.94. The number of rotatable bonds is 4. The molecule has 0 saturated heterocycles. The van der Waals surface area contributed by atoms with Gasteiger partial charge in [0.2, 0.25) is 0 Å². The van der Waals surface area contributed by atoms with Gasteiger partial charge in [0.1, 0.15) is 17.4 Å². The first kappa shape index (κ1) is 14.9. The van der Waals surface area contributed by atoms with Crippen molar-refractivity contribution in [1.82, 2.24) is 0 Å². The Balaban J connectivity index is 2.52. The number of hydrogen-bond donors (Lipinski definition) is 1. The summed E-state index contributed by atoms with van der Waals surface area (Å²) in [5, 5.41) is 0. The van der Waals surface area contributed by atoms with Gasteiger partial charge >= 0.3 is 0 Å². The zero-order chi connectivity index (χ0) is 14.7. The highest BCUT2D eigenvalue weighted by atomic mass is 79.9. The molecule has 0 bridgehead atoms. The van der Waals surface area contributed by atoms with Crippen molar-refractivity contribution in [3.63, 3.8) is 0 Å². The summed E-state index contributed by atoms with van der Waals surface area (Å²) in [6.45, 7) is 2.29. The lowest BCUT2D eigenvalue weighted by Crippen LogP contribution is -2.17. The van der Waals surface area contributed by atoms with Crippen LogP contribution in [-0.2, 0) is 0 Å². The fourth-order valence-corrected chi connectivity index (χ4v) is 2.35. The lowest BCUT2D eigenvalue weighted by molar-refractivity contribution is 0.335. The first-order valence-corrected chi connectivity index (χ1v) is 6.96. The summed E-state index contributed by atoms with van der Waals surface area (Å²) in [4.78, 5) is 0. The molecule has 1 atom stereocenters. The Kier molecular flexibility index (Phi) is 4.73. The molecule has 0 spiro atoms. The smallest absolute Gasteiger partial charge is 0.145 e. The van der Waals surface area contributed by atoms with E-state index in [1.54, 1.807) is 24.3 Å². The Hall–Kier alpha value is -1.46. The highest BCUT2D eigenvalue weighted by Crippen LogP contribution is 2.33. The highest BCUT2D eigenvalue weighted by Gasteiger charge is 2.22. The fraction of sp³-hybridized carbons (Fsp3) is 0.200. The van der Waals surface area contributed by atoms with Crippen LogP contribution in [0.25, 0.3) is 0 Å². The summed E-state index contributed by atoms with van der Waals surface area (Å²) in [5.74, 6) is -0.838. The molecule has 0 aromatic heterocycles. The number of ether oxygens (including phenoxy) is 1. The molecular formula is C15H14BrF2NO. The van der Waals surface area contributed by atoms with Gasteiger partial charge in [-0.3, -0.25) is 0 Å². The Morgan fingerprint density at radius 3 is 2.60 bits per heavy atom. The van der Waals surface area contributed by atoms with E-state index < -0.39 is 17.7 Å². The lowest BCUT2D eigenvalue weighted by Gasteiger charge is -2.18. The van der Waals surface area contributed by atoms with Crippen molar-refractivity contribution in [3.05, 3.63) is 63.6 Å². The van der Waals surface area contributed by atoms with Gasteiger partial charge in [-0.25, -0.2) is 8.78 Å². The van der Waals surface area contributed by atoms with Gasteiger partial charge in [0.15, 0.2) is 0 Å². The first-order valence-electron chi connectivity index (χ1n) is 6.17. The molecule has 20 heavy (non-hydrogen) atoms. The van der Waals surface area contributed by atoms with E-state index in [0.29, 0.717) is 17.9 Å². The van der Waals surface area contributed by atoms with Gasteiger partial charge in [-0.2, -0.15) is 0 Å². The van der Waals surface area contributed by atoms with Crippen LogP contribution in [0.2, 0.25) is 0 Å². The largest absolute Gasteiger partial charge is 0.494 e. The zero-order valence-corrected chi connectivity index (χ0v) is 12.5. The molecule has 2 aromatic rings. The quantitative estimate of drug-likeness (QED) is 0.847. The molecule has 106 valence electrons. The number of halogens is 3. The third-order valence-corrected chi connectivity index (χ3v) is 3.56. The Morgan fingerprint density at radius 2 is 1.90 bits per heavy atom. The van der Waals surface area contributed by atoms with Gasteiger partial charge in [-0.1, -0.05) is 18.2 Å². The predicted octanol–water partition coefficient (Wildman–Crippen LogP) is 4.17. The molecule has 0 fully saturated rings. The van der Waals surface area contributed by atoms with E-state index in [0.717, 1.165) is 0 Å². The van der Waals surface area contributed by atoms with E-state index in [1.807, 2.05) is 6.92 Å². The topological polar surface area (TPSA) is 35.2 Å². The van der Waals surface area contributed by atoms with E-state index in [4.69, 9.17) is 10.5 Å². The molecule has 0 aliphatic rings. The molecule has 0 saturated carbocycles. The van der Waals surface area contributed by atoms with E-state index in [2.05, 4.69) is 15.9 Å². The third kappa shape index (κ3) is 2.83. The average Bonchev–Trinajstić information content (AvgIpc) is 2.44. The molecule has 0 amide bonds. The van der Waals surface area contributed by atoms with Crippen molar-refractivity contribution in [2.75, 3.05) is 6.61 Å². The van der Waals surface area contributed by atoms with Gasteiger partial charge in [0, 0.05) is 11.1 Å². The maximum absolute atomic E-state index is 14.1. The monoisotopic (exact) mass is 341 g/mol. The average molecular weight is 342 g/mol. The van der Waals surface area contributed by atoms with Crippen LogP contribution in [0, 0.1) is 11.6 Å². The number of benzene rings is 2. The number of para-hydroxylation sites is 1. The summed E-state index contributed by atoms with van der Waals surface area (Å²) >= 11 is 3.04. The van der Waals surface area contributed by atoms with Crippen molar-refractivity contribution >= 4 is 15.9 Å². The molecule has 1 unspecified atom stereocenters.